The van der Waals surface area contributed by atoms with E-state index in [9.17, 15) is 20.4 Å². The zero-order valence-electron chi connectivity index (χ0n) is 80.2. The Morgan fingerprint density at radius 2 is 0.795 bits per heavy atom. The van der Waals surface area contributed by atoms with Gasteiger partial charge in [-0.2, -0.15) is 0 Å². The molecule has 15 heteroatoms. The molecule has 4 aromatic carbocycles. The van der Waals surface area contributed by atoms with Crippen molar-refractivity contribution in [2.75, 3.05) is 52.4 Å². The molecule has 0 spiro atoms. The van der Waals surface area contributed by atoms with Gasteiger partial charge >= 0.3 is 58.5 Å². The predicted octanol–water partition coefficient (Wildman–Crippen LogP) is 16.0. The van der Waals surface area contributed by atoms with Gasteiger partial charge in [-0.25, -0.2) is 4.58 Å². The van der Waals surface area contributed by atoms with Gasteiger partial charge < -0.3 is 58.5 Å². The van der Waals surface area contributed by atoms with E-state index < -0.39 is 0 Å². The molecule has 2 radical (unpaired) electrons. The number of halogens is 1. The summed E-state index contributed by atoms with van der Waals surface area (Å²) in [6.07, 6.45) is 28.1. The third-order valence-corrected chi connectivity index (χ3v) is 32.8. The number of aromatic nitrogens is 4. The summed E-state index contributed by atoms with van der Waals surface area (Å²) in [5.41, 5.74) is 19.7. The van der Waals surface area contributed by atoms with Crippen LogP contribution >= 0.6 is 0 Å². The number of rotatable bonds is 6. The molecule has 122 heavy (non-hydrogen) atoms. The van der Waals surface area contributed by atoms with E-state index in [1.807, 2.05) is 67.5 Å². The topological polar surface area (TPSA) is 113 Å². The van der Waals surface area contributed by atoms with Gasteiger partial charge in [0.05, 0.1) is 41.0 Å². The van der Waals surface area contributed by atoms with Crippen molar-refractivity contribution < 1.29 is 56.3 Å². The van der Waals surface area contributed by atoms with E-state index >= 15 is 0 Å². The van der Waals surface area contributed by atoms with Gasteiger partial charge in [-0.1, -0.05) is 188 Å². The van der Waals surface area contributed by atoms with Crippen molar-refractivity contribution in [1.82, 2.24) is 33.0 Å². The van der Waals surface area contributed by atoms with Crippen LogP contribution in [0.3, 0.4) is 0 Å². The third-order valence-electron chi connectivity index (χ3n) is 31.8. The van der Waals surface area contributed by atoms with Gasteiger partial charge in [-0.15, -0.1) is 13.2 Å². The number of fused-ring (bicyclic) bond motifs is 23. The van der Waals surface area contributed by atoms with Crippen molar-refractivity contribution in [3.63, 3.8) is 0 Å². The summed E-state index contributed by atoms with van der Waals surface area (Å²) in [5, 5.41) is 47.7. The summed E-state index contributed by atoms with van der Waals surface area (Å²) < 4.78 is 13.7. The fraction of sp³-hybridized carbons (Fsp3) is 0.626. The molecule has 0 amide bonds. The molecule has 12 heterocycles. The van der Waals surface area contributed by atoms with E-state index in [2.05, 4.69) is 237 Å². The molecule has 20 rings (SSSR count). The standard InChI is InChI=1S/C24H34N2O.C24H32N2O.C22H30N2O.C21H27N2O.C4H8.C3H5.4C2H6.CH3.ClH.Li.Sn.H/c2*1-4-12-24-14-20-16(2)22(27)10-9-17(20)15-26(24)13-11-19-18-7-5-6-8-21(18)25(3)23(19)24;1-14-18-12-22(2)21-17(16-6-4-5-7-19(16)23(21)3)10-11-24(22)13-15(18)8-9-20(14)25;1-13-17-11-19-21-16(15-5-3-4-6-18(15)22(21)2)9-10-23(19)12-14(17)7-8-20(13)24;1-3-4-2;1-3-2;4*1-2;;;;;/h5-8,16-17,20,22,27H,4,9-15H2,1-3H3;4-8,16-17,20,22,27H,1,9-15H2,2-3H3;4-7,14-15,18,20,25H,8-13H2,1-3H3;3-6,13-14,17,20,24H,7-12H2,1-2H3;3H,1,4H2,2H3;3H,1-2H2;4*1-2H3;1H3;1H;;;/q;;;+1;;;;;;;-1;;+1;;/p-1/t2*16-,17?,20?,22?,24+;14-,15?,18?,20?,22+;13-,14?,17?,20?;;;;;;;;;;;/m1111.........../s1. The van der Waals surface area contributed by atoms with Gasteiger partial charge in [0.15, 0.2) is 0 Å². The Balaban J connectivity index is 0.000000189. The minimum absolute atomic E-state index is 0. The van der Waals surface area contributed by atoms with Crippen LogP contribution in [0.2, 0.25) is 4.44 Å². The first-order valence-corrected chi connectivity index (χ1v) is 50.3. The maximum absolute atomic E-state index is 10.6. The van der Waals surface area contributed by atoms with Crippen LogP contribution in [0.4, 0.5) is 0 Å². The van der Waals surface area contributed by atoms with E-state index in [1.165, 1.54) is 197 Å². The minimum atomic E-state index is -0.130. The van der Waals surface area contributed by atoms with Crippen molar-refractivity contribution in [1.29, 1.82) is 0 Å². The third kappa shape index (κ3) is 19.2. The summed E-state index contributed by atoms with van der Waals surface area (Å²) in [7, 11) is 9.01. The number of aliphatic hydroxyl groups is 4. The second-order valence-electron chi connectivity index (χ2n) is 37.2. The molecule has 12 nitrogen and oxygen atoms in total. The number of piperidine rings is 3. The molecular formula is C107H164ClLiN8O4Sn. The second kappa shape index (κ2) is 45.5. The molecule has 8 aromatic rings. The van der Waals surface area contributed by atoms with Gasteiger partial charge in [-0.05, 0) is 228 Å². The number of aryl methyl sites for hydroxylation is 4. The molecule has 8 aliphatic heterocycles. The van der Waals surface area contributed by atoms with Crippen LogP contribution in [0.5, 0.6) is 0 Å². The smallest absolute Gasteiger partial charge is 1.00 e. The average Bonchev–Trinajstić information content (AvgIpc) is 1.55. The predicted molar refractivity (Wildman–Crippen MR) is 514 cm³/mol. The van der Waals surface area contributed by atoms with E-state index in [0.717, 1.165) is 101 Å². The number of allylic oxidation sites excluding steroid dienone is 2. The zero-order chi connectivity index (χ0) is 86.1. The Labute approximate surface area is 772 Å². The molecule has 4 saturated carbocycles. The molecule has 668 valence electrons. The Morgan fingerprint density at radius 3 is 1.21 bits per heavy atom. The summed E-state index contributed by atoms with van der Waals surface area (Å²) in [6.45, 7) is 52.6. The first-order chi connectivity index (χ1) is 57.6. The second-order valence-corrected chi connectivity index (χ2v) is 38.5. The van der Waals surface area contributed by atoms with Gasteiger partial charge in [0.25, 0.3) is 0 Å². The summed E-state index contributed by atoms with van der Waals surface area (Å²) >= 11 is 1.32. The fourth-order valence-corrected chi connectivity index (χ4v) is 26.0. The molecule has 12 unspecified atom stereocenters. The number of nitrogens with zero attached hydrogens (tertiary/aromatic N) is 8. The molecular weight excluding hydrogens is 1620 g/mol. The van der Waals surface area contributed by atoms with Crippen LogP contribution in [-0.4, -0.2) is 163 Å². The van der Waals surface area contributed by atoms with Crippen molar-refractivity contribution in [3.8, 4) is 0 Å². The number of para-hydroxylation sites is 4. The fourth-order valence-electron chi connectivity index (χ4n) is 26.0. The van der Waals surface area contributed by atoms with Gasteiger partial charge in [0.2, 0.25) is 5.71 Å². The Bertz CT molecular complexity index is 4720. The largest absolute Gasteiger partial charge is 1.00 e. The van der Waals surface area contributed by atoms with Crippen LogP contribution in [0.1, 0.15) is 252 Å². The molecule has 7 fully saturated rings. The van der Waals surface area contributed by atoms with E-state index in [4.69, 9.17) is 0 Å². The van der Waals surface area contributed by atoms with Gasteiger partial charge in [-0.3, -0.25) is 14.7 Å². The van der Waals surface area contributed by atoms with Crippen molar-refractivity contribution in [2.45, 2.75) is 278 Å². The molecule has 4 aliphatic carbocycles. The van der Waals surface area contributed by atoms with Crippen LogP contribution in [-0.2, 0) is 70.5 Å². The Kier molecular flexibility index (Phi) is 38.3. The van der Waals surface area contributed by atoms with E-state index in [0.29, 0.717) is 47.3 Å². The Hall–Kier alpha value is -4.66. The maximum atomic E-state index is 10.6. The minimum Gasteiger partial charge on any atom is -1.00 e. The SMILES string of the molecule is C=CCC.C=CC[C@@]12CC3C(CCC(O)[C@@H]3C)CN1CCc1c2n(C)c2ccccc12.C=C[CH2][SnH].CC.CC.CC.CC.CCC[C@@]12CC3C(CCC(O)[C@@H]3C)CN1CCc1c2n(C)c2ccccc12.C[C@H]1C(O)CCC2CN3CCc4c(n(C)c5ccccc45)[C@]3(C)CC21.C[C@H]1C(O)CCC2C[N+]3=C(CC21)c1c(c2ccccc2n1C)CC3.[CH3-].[Cl-].[Li+]. The quantitative estimate of drug-likeness (QED) is 0.0568. The van der Waals surface area contributed by atoms with E-state index in [1.54, 1.807) is 27.9 Å². The molecule has 3 saturated heterocycles. The van der Waals surface area contributed by atoms with Crippen LogP contribution < -0.4 is 31.3 Å². The van der Waals surface area contributed by atoms with Gasteiger partial charge in [0, 0.05) is 147 Å². The summed E-state index contributed by atoms with van der Waals surface area (Å²) in [6, 6.07) is 35.6. The van der Waals surface area contributed by atoms with Crippen molar-refractivity contribution >= 4 is 71.8 Å². The van der Waals surface area contributed by atoms with E-state index in [-0.39, 0.29) is 79.7 Å². The Morgan fingerprint density at radius 1 is 0.451 bits per heavy atom. The number of hydrogen-bond acceptors (Lipinski definition) is 7. The molecule has 4 N–H and O–H groups in total. The van der Waals surface area contributed by atoms with Gasteiger partial charge in [0.1, 0.15) is 18.8 Å². The molecule has 0 bridgehead atoms. The number of benzene rings is 4. The summed E-state index contributed by atoms with van der Waals surface area (Å²) in [5.74, 6) is 7.27. The number of aliphatic hydroxyl groups excluding tert-OH is 4. The van der Waals surface area contributed by atoms with Crippen molar-refractivity contribution in [2.24, 2.45) is 99.2 Å². The number of hydrogen-bond donors (Lipinski definition) is 4. The molecule has 4 aromatic heterocycles. The monoisotopic (exact) mass is 1790 g/mol. The first kappa shape index (κ1) is 103. The molecule has 12 aliphatic rings. The van der Waals surface area contributed by atoms with Crippen LogP contribution in [0.15, 0.2) is 135 Å². The van der Waals surface area contributed by atoms with Crippen molar-refractivity contribution in [3.05, 3.63) is 187 Å². The zero-order valence-corrected chi connectivity index (χ0v) is 84.2. The maximum Gasteiger partial charge on any atom is 1.00 e. The van der Waals surface area contributed by atoms with Crippen LogP contribution in [0.25, 0.3) is 43.6 Å². The van der Waals surface area contributed by atoms with Crippen LogP contribution in [0, 0.1) is 78.4 Å². The molecule has 19 atom stereocenters. The first-order valence-electron chi connectivity index (χ1n) is 48.0. The normalized spacial score (nSPS) is 30.9. The average molecular weight is 1790 g/mol. The summed E-state index contributed by atoms with van der Waals surface area (Å²) in [4.78, 5) is 8.39.